The molecule has 20 heavy (non-hydrogen) atoms. The summed E-state index contributed by atoms with van der Waals surface area (Å²) in [6, 6.07) is 1.99. The van der Waals surface area contributed by atoms with Crippen molar-refractivity contribution in [1.29, 1.82) is 0 Å². The predicted molar refractivity (Wildman–Crippen MR) is 67.8 cm³/mol. The molecular weight excluding hydrogens is 345 g/mol. The SMILES string of the molecule is O=C(O)c1cc(C(F)(F)F)ccc1C(O)C(O)CCBr. The Morgan fingerprint density at radius 3 is 2.35 bits per heavy atom. The summed E-state index contributed by atoms with van der Waals surface area (Å²) in [7, 11) is 0. The van der Waals surface area contributed by atoms with Crippen LogP contribution in [0.25, 0.3) is 0 Å². The van der Waals surface area contributed by atoms with Crippen LogP contribution in [0.15, 0.2) is 18.2 Å². The maximum absolute atomic E-state index is 12.5. The predicted octanol–water partition coefficient (Wildman–Crippen LogP) is 2.58. The molecule has 0 radical (unpaired) electrons. The van der Waals surface area contributed by atoms with Crippen molar-refractivity contribution >= 4 is 21.9 Å². The van der Waals surface area contributed by atoms with Gasteiger partial charge >= 0.3 is 12.1 Å². The zero-order valence-electron chi connectivity index (χ0n) is 10.1. The highest BCUT2D eigenvalue weighted by molar-refractivity contribution is 9.09. The highest BCUT2D eigenvalue weighted by Gasteiger charge is 2.33. The molecule has 3 N–H and O–H groups in total. The number of hydrogen-bond donors (Lipinski definition) is 3. The van der Waals surface area contributed by atoms with Crippen LogP contribution in [0.4, 0.5) is 13.2 Å². The van der Waals surface area contributed by atoms with Gasteiger partial charge in [-0.3, -0.25) is 0 Å². The smallest absolute Gasteiger partial charge is 0.416 e. The van der Waals surface area contributed by atoms with Crippen LogP contribution in [0.1, 0.15) is 34.0 Å². The van der Waals surface area contributed by atoms with E-state index in [1.54, 1.807) is 0 Å². The number of carboxylic acids is 1. The first kappa shape index (κ1) is 16.9. The summed E-state index contributed by atoms with van der Waals surface area (Å²) in [6.45, 7) is 0. The van der Waals surface area contributed by atoms with Gasteiger partial charge in [0.25, 0.3) is 0 Å². The van der Waals surface area contributed by atoms with E-state index in [2.05, 4.69) is 15.9 Å². The topological polar surface area (TPSA) is 77.8 Å². The largest absolute Gasteiger partial charge is 0.478 e. The van der Waals surface area contributed by atoms with Crippen LogP contribution < -0.4 is 0 Å². The molecule has 0 amide bonds. The number of aliphatic hydroxyl groups is 2. The maximum Gasteiger partial charge on any atom is 0.416 e. The summed E-state index contributed by atoms with van der Waals surface area (Å²) >= 11 is 3.04. The molecule has 1 aromatic rings. The van der Waals surface area contributed by atoms with Gasteiger partial charge in [0.1, 0.15) is 6.10 Å². The summed E-state index contributed by atoms with van der Waals surface area (Å²) in [5.74, 6) is -1.60. The van der Waals surface area contributed by atoms with Gasteiger partial charge in [-0.15, -0.1) is 0 Å². The van der Waals surface area contributed by atoms with E-state index in [9.17, 15) is 28.2 Å². The van der Waals surface area contributed by atoms with Gasteiger partial charge in [0.15, 0.2) is 0 Å². The van der Waals surface area contributed by atoms with Crippen molar-refractivity contribution in [2.75, 3.05) is 5.33 Å². The monoisotopic (exact) mass is 356 g/mol. The van der Waals surface area contributed by atoms with Crippen LogP contribution in [0.5, 0.6) is 0 Å². The molecule has 0 aliphatic heterocycles. The second-order valence-electron chi connectivity index (χ2n) is 4.09. The lowest BCUT2D eigenvalue weighted by Gasteiger charge is -2.20. The number of halogens is 4. The van der Waals surface area contributed by atoms with Crippen molar-refractivity contribution in [2.45, 2.75) is 24.8 Å². The molecule has 0 saturated heterocycles. The minimum atomic E-state index is -4.68. The molecule has 2 atom stereocenters. The highest BCUT2D eigenvalue weighted by Crippen LogP contribution is 2.32. The van der Waals surface area contributed by atoms with Gasteiger partial charge in [-0.25, -0.2) is 4.79 Å². The zero-order valence-corrected chi connectivity index (χ0v) is 11.6. The first-order valence-electron chi connectivity index (χ1n) is 5.55. The Balaban J connectivity index is 3.24. The number of alkyl halides is 4. The molecule has 112 valence electrons. The molecule has 0 aliphatic rings. The van der Waals surface area contributed by atoms with Crippen LogP contribution in [-0.4, -0.2) is 32.7 Å². The lowest BCUT2D eigenvalue weighted by atomic mass is 9.95. The van der Waals surface area contributed by atoms with E-state index in [0.717, 1.165) is 6.07 Å². The summed E-state index contributed by atoms with van der Waals surface area (Å²) in [6.07, 6.45) is -7.39. The van der Waals surface area contributed by atoms with Gasteiger partial charge in [-0.1, -0.05) is 22.0 Å². The van der Waals surface area contributed by atoms with Crippen LogP contribution in [0.3, 0.4) is 0 Å². The fourth-order valence-corrected chi connectivity index (χ4v) is 2.12. The second-order valence-corrected chi connectivity index (χ2v) is 4.89. The molecule has 1 aromatic carbocycles. The first-order chi connectivity index (χ1) is 9.18. The quantitative estimate of drug-likeness (QED) is 0.708. The van der Waals surface area contributed by atoms with E-state index < -0.39 is 35.5 Å². The van der Waals surface area contributed by atoms with E-state index in [1.807, 2.05) is 0 Å². The number of hydrogen-bond acceptors (Lipinski definition) is 3. The molecule has 8 heteroatoms. The maximum atomic E-state index is 12.5. The third-order valence-corrected chi connectivity index (χ3v) is 3.16. The van der Waals surface area contributed by atoms with E-state index in [1.165, 1.54) is 0 Å². The van der Waals surface area contributed by atoms with Crippen molar-refractivity contribution in [2.24, 2.45) is 0 Å². The highest BCUT2D eigenvalue weighted by atomic mass is 79.9. The molecule has 0 fully saturated rings. The Bertz CT molecular complexity index is 490. The number of carboxylic acid groups (broad SMARTS) is 1. The van der Waals surface area contributed by atoms with Crippen molar-refractivity contribution in [1.82, 2.24) is 0 Å². The standard InChI is InChI=1S/C12H12BrF3O4/c13-4-3-9(17)10(18)7-2-1-6(12(14,15)16)5-8(7)11(19)20/h1-2,5,9-10,17-18H,3-4H2,(H,19,20). The number of aromatic carboxylic acids is 1. The zero-order chi connectivity index (χ0) is 15.5. The molecule has 2 unspecified atom stereocenters. The molecule has 0 aromatic heterocycles. The summed E-state index contributed by atoms with van der Waals surface area (Å²) < 4.78 is 37.6. The summed E-state index contributed by atoms with van der Waals surface area (Å²) in [5.41, 5.74) is -2.05. The molecule has 0 aliphatic carbocycles. The van der Waals surface area contributed by atoms with Crippen LogP contribution in [0.2, 0.25) is 0 Å². The molecule has 0 bridgehead atoms. The van der Waals surface area contributed by atoms with Gasteiger partial charge < -0.3 is 15.3 Å². The van der Waals surface area contributed by atoms with Gasteiger partial charge in [0, 0.05) is 5.33 Å². The Morgan fingerprint density at radius 2 is 1.90 bits per heavy atom. The number of rotatable bonds is 5. The Morgan fingerprint density at radius 1 is 1.30 bits per heavy atom. The molecule has 0 saturated carbocycles. The van der Waals surface area contributed by atoms with Crippen LogP contribution >= 0.6 is 15.9 Å². The fourth-order valence-electron chi connectivity index (χ4n) is 1.65. The normalized spacial score (nSPS) is 14.9. The first-order valence-corrected chi connectivity index (χ1v) is 6.67. The van der Waals surface area contributed by atoms with Crippen molar-refractivity contribution < 1.29 is 33.3 Å². The molecule has 1 rings (SSSR count). The van der Waals surface area contributed by atoms with E-state index in [-0.39, 0.29) is 12.0 Å². The van der Waals surface area contributed by atoms with Gasteiger partial charge in [-0.05, 0) is 24.1 Å². The Labute approximate surface area is 121 Å². The van der Waals surface area contributed by atoms with E-state index >= 15 is 0 Å². The third kappa shape index (κ3) is 3.94. The minimum Gasteiger partial charge on any atom is -0.478 e. The second kappa shape index (κ2) is 6.55. The number of benzene rings is 1. The average molecular weight is 357 g/mol. The van der Waals surface area contributed by atoms with Crippen molar-refractivity contribution in [3.05, 3.63) is 34.9 Å². The van der Waals surface area contributed by atoms with Crippen LogP contribution in [0, 0.1) is 0 Å². The Kier molecular flexibility index (Phi) is 5.55. The molecular formula is C12H12BrF3O4. The lowest BCUT2D eigenvalue weighted by Crippen LogP contribution is -2.21. The number of carbonyl (C=O) groups is 1. The fraction of sp³-hybridized carbons (Fsp3) is 0.417. The Hall–Kier alpha value is -1.12. The molecule has 0 heterocycles. The van der Waals surface area contributed by atoms with Crippen molar-refractivity contribution in [3.63, 3.8) is 0 Å². The molecule has 0 spiro atoms. The number of aliphatic hydroxyl groups excluding tert-OH is 2. The lowest BCUT2D eigenvalue weighted by molar-refractivity contribution is -0.137. The van der Waals surface area contributed by atoms with E-state index in [0.29, 0.717) is 17.5 Å². The minimum absolute atomic E-state index is 0.126. The van der Waals surface area contributed by atoms with Gasteiger partial charge in [0.05, 0.1) is 17.2 Å². The van der Waals surface area contributed by atoms with Gasteiger partial charge in [0.2, 0.25) is 0 Å². The van der Waals surface area contributed by atoms with E-state index in [4.69, 9.17) is 5.11 Å². The third-order valence-electron chi connectivity index (χ3n) is 2.70. The van der Waals surface area contributed by atoms with Gasteiger partial charge in [-0.2, -0.15) is 13.2 Å². The summed E-state index contributed by atoms with van der Waals surface area (Å²) in [4.78, 5) is 11.0. The molecule has 4 nitrogen and oxygen atoms in total. The summed E-state index contributed by atoms with van der Waals surface area (Å²) in [5, 5.41) is 28.7. The average Bonchev–Trinajstić information content (AvgIpc) is 2.36. The van der Waals surface area contributed by atoms with Crippen LogP contribution in [-0.2, 0) is 6.18 Å². The van der Waals surface area contributed by atoms with Crippen molar-refractivity contribution in [3.8, 4) is 0 Å².